The van der Waals surface area contributed by atoms with Crippen LogP contribution >= 0.6 is 11.8 Å². The Bertz CT molecular complexity index is 633. The maximum Gasteiger partial charge on any atom is 0.241 e. The van der Waals surface area contributed by atoms with Crippen LogP contribution in [0.25, 0.3) is 0 Å². The summed E-state index contributed by atoms with van der Waals surface area (Å²) < 4.78 is 10.6. The number of carbonyl (C=O) groups is 2. The van der Waals surface area contributed by atoms with Gasteiger partial charge in [0.2, 0.25) is 11.8 Å². The third-order valence-electron chi connectivity index (χ3n) is 2.95. The van der Waals surface area contributed by atoms with Gasteiger partial charge >= 0.3 is 0 Å². The maximum absolute atomic E-state index is 11.8. The van der Waals surface area contributed by atoms with Crippen LogP contribution in [0.4, 0.5) is 0 Å². The van der Waals surface area contributed by atoms with E-state index in [2.05, 4.69) is 10.4 Å². The third-order valence-corrected chi connectivity index (χ3v) is 4.04. The minimum Gasteiger partial charge on any atom is -0.497 e. The molecular weight excluding hydrogens is 306 g/mol. The van der Waals surface area contributed by atoms with E-state index in [1.807, 2.05) is 0 Å². The Balaban J connectivity index is 2.39. The molecular formula is C14H17N3O4S. The van der Waals surface area contributed by atoms with Crippen LogP contribution in [-0.4, -0.2) is 36.2 Å². The first-order chi connectivity index (χ1) is 10.5. The monoisotopic (exact) mass is 323 g/mol. The third kappa shape index (κ3) is 3.33. The number of thioether (sulfide) groups is 1. The summed E-state index contributed by atoms with van der Waals surface area (Å²) in [5.74, 6) is 0.785. The normalized spacial score (nSPS) is 17.0. The molecule has 0 radical (unpaired) electrons. The fraction of sp³-hybridized carbons (Fsp3) is 0.357. The van der Waals surface area contributed by atoms with Crippen molar-refractivity contribution in [2.75, 3.05) is 14.2 Å². The lowest BCUT2D eigenvalue weighted by molar-refractivity contribution is -0.129. The van der Waals surface area contributed by atoms with Gasteiger partial charge in [0.1, 0.15) is 16.9 Å². The summed E-state index contributed by atoms with van der Waals surface area (Å²) in [6.07, 6.45) is 0. The zero-order valence-corrected chi connectivity index (χ0v) is 13.6. The van der Waals surface area contributed by atoms with E-state index in [1.165, 1.54) is 30.6 Å². The Morgan fingerprint density at radius 2 is 2.00 bits per heavy atom. The summed E-state index contributed by atoms with van der Waals surface area (Å²) in [7, 11) is 3.12. The van der Waals surface area contributed by atoms with E-state index in [0.29, 0.717) is 16.7 Å². The lowest BCUT2D eigenvalue weighted by Crippen LogP contribution is -2.25. The molecule has 1 aromatic carbocycles. The smallest absolute Gasteiger partial charge is 0.241 e. The van der Waals surface area contributed by atoms with Crippen LogP contribution in [0, 0.1) is 0 Å². The van der Waals surface area contributed by atoms with Crippen molar-refractivity contribution in [2.45, 2.75) is 19.2 Å². The summed E-state index contributed by atoms with van der Waals surface area (Å²) in [5, 5.41) is 8.01. The Morgan fingerprint density at radius 1 is 1.27 bits per heavy atom. The van der Waals surface area contributed by atoms with Crippen molar-refractivity contribution in [2.24, 2.45) is 5.10 Å². The van der Waals surface area contributed by atoms with E-state index in [9.17, 15) is 9.59 Å². The number of rotatable bonds is 3. The molecule has 0 saturated carbocycles. The van der Waals surface area contributed by atoms with Gasteiger partial charge in [-0.15, -0.1) is 5.10 Å². The summed E-state index contributed by atoms with van der Waals surface area (Å²) in [6.45, 7) is 2.81. The molecule has 1 heterocycles. The second kappa shape index (κ2) is 6.69. The van der Waals surface area contributed by atoms with Crippen LogP contribution in [0.5, 0.6) is 11.5 Å². The van der Waals surface area contributed by atoms with E-state index >= 15 is 0 Å². The van der Waals surface area contributed by atoms with Crippen LogP contribution in [0.1, 0.15) is 24.8 Å². The average molecular weight is 323 g/mol. The molecule has 118 valence electrons. The number of amides is 2. The van der Waals surface area contributed by atoms with Crippen molar-refractivity contribution in [3.8, 4) is 11.5 Å². The van der Waals surface area contributed by atoms with Crippen LogP contribution in [0.15, 0.2) is 23.3 Å². The number of nitrogens with one attached hydrogen (secondary N) is 1. The van der Waals surface area contributed by atoms with Crippen molar-refractivity contribution < 1.29 is 19.1 Å². The van der Waals surface area contributed by atoms with Gasteiger partial charge in [-0.3, -0.25) is 9.59 Å². The number of hydrogen-bond acceptors (Lipinski definition) is 6. The van der Waals surface area contributed by atoms with Gasteiger partial charge in [-0.05, 0) is 18.2 Å². The van der Waals surface area contributed by atoms with Gasteiger partial charge in [-0.1, -0.05) is 11.8 Å². The van der Waals surface area contributed by atoms with Crippen molar-refractivity contribution in [1.29, 1.82) is 0 Å². The molecule has 1 aliphatic heterocycles. The molecule has 0 bridgehead atoms. The number of carbonyl (C=O) groups excluding carboxylic acids is 2. The van der Waals surface area contributed by atoms with Crippen LogP contribution in [0.3, 0.4) is 0 Å². The minimum absolute atomic E-state index is 0.234. The topological polar surface area (TPSA) is 80.2 Å². The summed E-state index contributed by atoms with van der Waals surface area (Å²) >= 11 is 1.26. The van der Waals surface area contributed by atoms with E-state index in [4.69, 9.17) is 9.47 Å². The predicted octanol–water partition coefficient (Wildman–Crippen LogP) is 1.70. The zero-order valence-electron chi connectivity index (χ0n) is 12.7. The average Bonchev–Trinajstić information content (AvgIpc) is 2.89. The largest absolute Gasteiger partial charge is 0.497 e. The highest BCUT2D eigenvalue weighted by atomic mass is 32.2. The molecule has 2 amide bonds. The lowest BCUT2D eigenvalue weighted by Gasteiger charge is -2.21. The Hall–Kier alpha value is -2.22. The van der Waals surface area contributed by atoms with Gasteiger partial charge in [0.15, 0.2) is 5.17 Å². The number of hydrogen-bond donors (Lipinski definition) is 1. The van der Waals surface area contributed by atoms with Crippen molar-refractivity contribution >= 4 is 28.7 Å². The zero-order chi connectivity index (χ0) is 16.3. The Morgan fingerprint density at radius 3 is 2.55 bits per heavy atom. The number of methoxy groups -OCH3 is 2. The Labute approximate surface area is 132 Å². The fourth-order valence-corrected chi connectivity index (χ4v) is 3.15. The van der Waals surface area contributed by atoms with Gasteiger partial charge in [0.05, 0.1) is 14.2 Å². The van der Waals surface area contributed by atoms with Crippen molar-refractivity contribution in [1.82, 2.24) is 10.3 Å². The molecule has 0 aromatic heterocycles. The van der Waals surface area contributed by atoms with Crippen molar-refractivity contribution in [3.63, 3.8) is 0 Å². The molecule has 1 atom stereocenters. The molecule has 1 N–H and O–H groups in total. The minimum atomic E-state index is -0.426. The molecule has 0 saturated heterocycles. The van der Waals surface area contributed by atoms with Gasteiger partial charge in [0.25, 0.3) is 0 Å². The Kier molecular flexibility index (Phi) is 4.92. The van der Waals surface area contributed by atoms with Gasteiger partial charge < -0.3 is 14.8 Å². The highest BCUT2D eigenvalue weighted by molar-refractivity contribution is 8.14. The lowest BCUT2D eigenvalue weighted by atomic mass is 10.1. The summed E-state index contributed by atoms with van der Waals surface area (Å²) in [5.41, 5.74) is 0.742. The summed E-state index contributed by atoms with van der Waals surface area (Å²) in [6, 6.07) is 5.33. The van der Waals surface area contributed by atoms with E-state index in [1.54, 1.807) is 32.4 Å². The van der Waals surface area contributed by atoms with Gasteiger partial charge in [-0.25, -0.2) is 5.01 Å². The van der Waals surface area contributed by atoms with Crippen LogP contribution in [0.2, 0.25) is 0 Å². The summed E-state index contributed by atoms with van der Waals surface area (Å²) in [4.78, 5) is 23.0. The number of amidine groups is 1. The first-order valence-electron chi connectivity index (χ1n) is 6.50. The SMILES string of the molecule is COc1ccc(OC)c([C@@H]2SC(NC(C)=O)=NN2C(C)=O)c1. The van der Waals surface area contributed by atoms with E-state index < -0.39 is 5.37 Å². The first kappa shape index (κ1) is 16.2. The fourth-order valence-electron chi connectivity index (χ4n) is 2.00. The molecule has 7 nitrogen and oxygen atoms in total. The van der Waals surface area contributed by atoms with Gasteiger partial charge in [0, 0.05) is 19.4 Å². The molecule has 2 rings (SSSR count). The molecule has 22 heavy (non-hydrogen) atoms. The van der Waals surface area contributed by atoms with Crippen molar-refractivity contribution in [3.05, 3.63) is 23.8 Å². The van der Waals surface area contributed by atoms with Gasteiger partial charge in [-0.2, -0.15) is 0 Å². The molecule has 0 aliphatic carbocycles. The van der Waals surface area contributed by atoms with Crippen LogP contribution in [-0.2, 0) is 9.59 Å². The predicted molar refractivity (Wildman–Crippen MR) is 83.6 cm³/mol. The number of benzene rings is 1. The second-order valence-corrected chi connectivity index (χ2v) is 5.60. The highest BCUT2D eigenvalue weighted by Gasteiger charge is 2.34. The highest BCUT2D eigenvalue weighted by Crippen LogP contribution is 2.43. The first-order valence-corrected chi connectivity index (χ1v) is 7.38. The second-order valence-electron chi connectivity index (χ2n) is 4.53. The van der Waals surface area contributed by atoms with E-state index in [-0.39, 0.29) is 11.8 Å². The maximum atomic E-state index is 11.8. The molecule has 0 fully saturated rings. The quantitative estimate of drug-likeness (QED) is 0.916. The number of ether oxygens (including phenoxy) is 2. The molecule has 0 unspecified atom stereocenters. The standard InChI is InChI=1S/C14H17N3O4S/c1-8(18)15-14-16-17(9(2)19)13(22-14)11-7-10(20-3)5-6-12(11)21-4/h5-7,13H,1-4H3,(H,15,16,18)/t13-/m0/s1. The molecule has 0 spiro atoms. The van der Waals surface area contributed by atoms with Crippen LogP contribution < -0.4 is 14.8 Å². The molecule has 1 aliphatic rings. The molecule has 1 aromatic rings. The number of hydrazone groups is 1. The van der Waals surface area contributed by atoms with E-state index in [0.717, 1.165) is 5.56 Å². The number of nitrogens with zero attached hydrogens (tertiary/aromatic N) is 2. The molecule has 8 heteroatoms.